The van der Waals surface area contributed by atoms with E-state index in [1.165, 1.54) is 11.3 Å². The van der Waals surface area contributed by atoms with Crippen LogP contribution in [0, 0.1) is 6.57 Å². The Morgan fingerprint density at radius 1 is 1.38 bits per heavy atom. The molecule has 2 aromatic heterocycles. The van der Waals surface area contributed by atoms with E-state index in [1.54, 1.807) is 0 Å². The van der Waals surface area contributed by atoms with Gasteiger partial charge in [0.05, 0.1) is 6.57 Å². The number of thiophene rings is 1. The third-order valence-electron chi connectivity index (χ3n) is 3.27. The molecule has 0 aliphatic heterocycles. The number of aromatic nitrogens is 3. The number of nitrogens with one attached hydrogen (secondary N) is 1. The molecule has 5 nitrogen and oxygen atoms in total. The monoisotopic (exact) mass is 375 g/mol. The van der Waals surface area contributed by atoms with Gasteiger partial charge in [0.1, 0.15) is 0 Å². The van der Waals surface area contributed by atoms with Gasteiger partial charge in [-0.25, -0.2) is 4.85 Å². The highest BCUT2D eigenvalue weighted by molar-refractivity contribution is 7.14. The van der Waals surface area contributed by atoms with E-state index in [0.29, 0.717) is 24.3 Å². The summed E-state index contributed by atoms with van der Waals surface area (Å²) in [5.41, 5.74) is 0.930. The first-order valence-electron chi connectivity index (χ1n) is 7.02. The molecule has 2 heterocycles. The first-order valence-corrected chi connectivity index (χ1v) is 8.28. The number of hydrogen-bond donors (Lipinski definition) is 1. The fraction of sp³-hybridized carbons (Fsp3) is 0.429. The van der Waals surface area contributed by atoms with E-state index in [2.05, 4.69) is 25.1 Å². The molecule has 2 aromatic rings. The molecule has 2 rings (SSSR count). The summed E-state index contributed by atoms with van der Waals surface area (Å²) in [5.74, 6) is -1.53. The Hall–Kier alpha value is -1.92. The molecule has 0 aliphatic rings. The van der Waals surface area contributed by atoms with Crippen LogP contribution in [-0.4, -0.2) is 21.0 Å². The maximum absolute atomic E-state index is 12.7. The molecule has 0 aromatic carbocycles. The second-order valence-electron chi connectivity index (χ2n) is 4.90. The highest BCUT2D eigenvalue weighted by Crippen LogP contribution is 2.29. The summed E-state index contributed by atoms with van der Waals surface area (Å²) < 4.78 is 38.2. The number of aryl methyl sites for hydroxylation is 1. The number of nitrogens with zero attached hydrogens (tertiary/aromatic N) is 4. The van der Waals surface area contributed by atoms with Gasteiger partial charge in [-0.3, -0.25) is 0 Å². The summed E-state index contributed by atoms with van der Waals surface area (Å²) in [4.78, 5) is 13.6. The molecular formula is C14H13ClF3N5S. The van der Waals surface area contributed by atoms with Gasteiger partial charge < -0.3 is 5.32 Å². The Bertz CT molecular complexity index is 741. The number of halogens is 4. The SMILES string of the molecule is [C-]#[N+]c1sccc1CCC(CC)Nc1nc(Cl)nc(C(F)(F)F)n1. The number of alkyl halides is 3. The molecular weight excluding hydrogens is 363 g/mol. The summed E-state index contributed by atoms with van der Waals surface area (Å²) >= 11 is 6.92. The Morgan fingerprint density at radius 3 is 2.75 bits per heavy atom. The summed E-state index contributed by atoms with van der Waals surface area (Å²) in [5, 5.41) is 4.83. The summed E-state index contributed by atoms with van der Waals surface area (Å²) in [7, 11) is 0. The molecule has 1 atom stereocenters. The van der Waals surface area contributed by atoms with Crippen molar-refractivity contribution in [3.8, 4) is 0 Å². The Labute approximate surface area is 145 Å². The van der Waals surface area contributed by atoms with E-state index in [1.807, 2.05) is 18.4 Å². The van der Waals surface area contributed by atoms with Gasteiger partial charge in [-0.2, -0.15) is 39.5 Å². The van der Waals surface area contributed by atoms with Crippen molar-refractivity contribution in [2.45, 2.75) is 38.4 Å². The van der Waals surface area contributed by atoms with Crippen molar-refractivity contribution in [3.05, 3.63) is 39.5 Å². The van der Waals surface area contributed by atoms with E-state index in [9.17, 15) is 13.2 Å². The minimum Gasteiger partial charge on any atom is -0.351 e. The highest BCUT2D eigenvalue weighted by atomic mass is 35.5. The molecule has 10 heteroatoms. The second-order valence-corrected chi connectivity index (χ2v) is 6.13. The smallest absolute Gasteiger partial charge is 0.351 e. The van der Waals surface area contributed by atoms with Gasteiger partial charge in [-0.15, -0.1) is 0 Å². The predicted octanol–water partition coefficient (Wildman–Crippen LogP) is 4.98. The van der Waals surface area contributed by atoms with Crippen LogP contribution in [0.5, 0.6) is 0 Å². The van der Waals surface area contributed by atoms with Crippen LogP contribution >= 0.6 is 22.9 Å². The number of rotatable bonds is 6. The maximum Gasteiger partial charge on any atom is 0.451 e. The fourth-order valence-electron chi connectivity index (χ4n) is 2.05. The molecule has 0 amide bonds. The lowest BCUT2D eigenvalue weighted by Crippen LogP contribution is -2.23. The van der Waals surface area contributed by atoms with Gasteiger partial charge in [0, 0.05) is 6.04 Å². The van der Waals surface area contributed by atoms with Crippen LogP contribution in [0.1, 0.15) is 31.2 Å². The molecule has 0 bridgehead atoms. The van der Waals surface area contributed by atoms with Gasteiger partial charge in [-0.1, -0.05) is 13.0 Å². The Kier molecular flexibility index (Phi) is 5.96. The molecule has 0 radical (unpaired) electrons. The lowest BCUT2D eigenvalue weighted by Gasteiger charge is -2.17. The van der Waals surface area contributed by atoms with Crippen molar-refractivity contribution in [2.24, 2.45) is 0 Å². The lowest BCUT2D eigenvalue weighted by atomic mass is 10.1. The molecule has 1 unspecified atom stereocenters. The standard InChI is InChI=1S/C14H13ClF3N5S/c1-3-9(5-4-8-6-7-24-10(8)19-2)20-13-22-11(14(16,17)18)21-12(15)23-13/h6-7,9H,3-5H2,1H3,(H,20,21,22,23). The second kappa shape index (κ2) is 7.77. The predicted molar refractivity (Wildman–Crippen MR) is 86.4 cm³/mol. The molecule has 1 N–H and O–H groups in total. The third-order valence-corrected chi connectivity index (χ3v) is 4.29. The van der Waals surface area contributed by atoms with Crippen molar-refractivity contribution >= 4 is 33.9 Å². The van der Waals surface area contributed by atoms with E-state index in [0.717, 1.165) is 5.56 Å². The van der Waals surface area contributed by atoms with Crippen LogP contribution in [0.3, 0.4) is 0 Å². The molecule has 24 heavy (non-hydrogen) atoms. The van der Waals surface area contributed by atoms with E-state index >= 15 is 0 Å². The summed E-state index contributed by atoms with van der Waals surface area (Å²) in [6.07, 6.45) is -2.77. The van der Waals surface area contributed by atoms with Crippen LogP contribution < -0.4 is 5.32 Å². The van der Waals surface area contributed by atoms with Crippen molar-refractivity contribution < 1.29 is 13.2 Å². The Morgan fingerprint density at radius 2 is 2.12 bits per heavy atom. The normalized spacial score (nSPS) is 12.7. The zero-order valence-electron chi connectivity index (χ0n) is 12.6. The van der Waals surface area contributed by atoms with E-state index in [-0.39, 0.29) is 12.0 Å². The highest BCUT2D eigenvalue weighted by Gasteiger charge is 2.35. The molecule has 0 saturated heterocycles. The van der Waals surface area contributed by atoms with E-state index < -0.39 is 17.3 Å². The van der Waals surface area contributed by atoms with Crippen LogP contribution in [0.25, 0.3) is 4.85 Å². The van der Waals surface area contributed by atoms with Crippen molar-refractivity contribution in [3.63, 3.8) is 0 Å². The maximum atomic E-state index is 12.7. The van der Waals surface area contributed by atoms with Gasteiger partial charge >= 0.3 is 6.18 Å². The van der Waals surface area contributed by atoms with Crippen molar-refractivity contribution in [1.82, 2.24) is 15.0 Å². The summed E-state index contributed by atoms with van der Waals surface area (Å²) in [6, 6.07) is 1.73. The molecule has 0 saturated carbocycles. The first kappa shape index (κ1) is 18.4. The van der Waals surface area contributed by atoms with Crippen molar-refractivity contribution in [2.75, 3.05) is 5.32 Å². The topological polar surface area (TPSA) is 55.1 Å². The van der Waals surface area contributed by atoms with Crippen LogP contribution in [-0.2, 0) is 12.6 Å². The molecule has 128 valence electrons. The zero-order valence-corrected chi connectivity index (χ0v) is 14.1. The quantitative estimate of drug-likeness (QED) is 0.723. The average Bonchev–Trinajstić information content (AvgIpc) is 2.97. The number of hydrogen-bond acceptors (Lipinski definition) is 5. The first-order chi connectivity index (χ1) is 11.3. The van der Waals surface area contributed by atoms with Gasteiger partial charge in [0.25, 0.3) is 0 Å². The molecule has 0 spiro atoms. The van der Waals surface area contributed by atoms with Gasteiger partial charge in [-0.05, 0) is 41.8 Å². The van der Waals surface area contributed by atoms with Gasteiger partial charge in [0.2, 0.25) is 22.1 Å². The minimum atomic E-state index is -4.69. The fourth-order valence-corrected chi connectivity index (χ4v) is 2.94. The average molecular weight is 376 g/mol. The Balaban J connectivity index is 2.08. The van der Waals surface area contributed by atoms with Gasteiger partial charge in [0.15, 0.2) is 0 Å². The number of anilines is 1. The summed E-state index contributed by atoms with van der Waals surface area (Å²) in [6.45, 7) is 8.99. The van der Waals surface area contributed by atoms with Crippen LogP contribution in [0.4, 0.5) is 24.1 Å². The third kappa shape index (κ3) is 4.79. The zero-order chi connectivity index (χ0) is 17.7. The van der Waals surface area contributed by atoms with E-state index in [4.69, 9.17) is 18.2 Å². The van der Waals surface area contributed by atoms with Crippen LogP contribution in [0.2, 0.25) is 5.28 Å². The van der Waals surface area contributed by atoms with Crippen molar-refractivity contribution in [1.29, 1.82) is 0 Å². The minimum absolute atomic E-state index is 0.150. The largest absolute Gasteiger partial charge is 0.451 e. The molecule has 0 aliphatic carbocycles. The lowest BCUT2D eigenvalue weighted by molar-refractivity contribution is -0.145. The van der Waals surface area contributed by atoms with Crippen LogP contribution in [0.15, 0.2) is 11.4 Å². The molecule has 0 fully saturated rings.